The van der Waals surface area contributed by atoms with E-state index in [2.05, 4.69) is 57.4 Å². The van der Waals surface area contributed by atoms with Crippen molar-refractivity contribution >= 4 is 5.97 Å². The molecule has 4 heteroatoms. The Morgan fingerprint density at radius 2 is 1.37 bits per heavy atom. The molecule has 0 amide bonds. The SMILES string of the molecule is CCCCCCCCCCCCc1ccccc1OC(CC)OC(=O)CCC[N+](C)(C)Cc1ccccc1. The minimum absolute atomic E-state index is 0.177. The quantitative estimate of drug-likeness (QED) is 0.0708. The first-order valence-corrected chi connectivity index (χ1v) is 15.2. The third-order valence-electron chi connectivity index (χ3n) is 7.22. The van der Waals surface area contributed by atoms with Crippen LogP contribution in [0.2, 0.25) is 0 Å². The molecule has 0 fully saturated rings. The van der Waals surface area contributed by atoms with Crippen molar-refractivity contribution in [3.63, 3.8) is 0 Å². The smallest absolute Gasteiger partial charge is 0.309 e. The number of carbonyl (C=O) groups is 1. The van der Waals surface area contributed by atoms with Gasteiger partial charge in [0.1, 0.15) is 12.3 Å². The topological polar surface area (TPSA) is 35.5 Å². The van der Waals surface area contributed by atoms with E-state index in [0.717, 1.165) is 36.2 Å². The van der Waals surface area contributed by atoms with Crippen LogP contribution < -0.4 is 4.74 Å². The van der Waals surface area contributed by atoms with Crippen molar-refractivity contribution in [1.82, 2.24) is 0 Å². The second-order valence-electron chi connectivity index (χ2n) is 11.4. The lowest BCUT2D eigenvalue weighted by atomic mass is 10.0. The Morgan fingerprint density at radius 1 is 0.763 bits per heavy atom. The fourth-order valence-corrected chi connectivity index (χ4v) is 4.97. The van der Waals surface area contributed by atoms with E-state index in [-0.39, 0.29) is 5.97 Å². The lowest BCUT2D eigenvalue weighted by Gasteiger charge is -2.30. The third-order valence-corrected chi connectivity index (χ3v) is 7.22. The van der Waals surface area contributed by atoms with Crippen molar-refractivity contribution < 1.29 is 18.8 Å². The molecule has 0 aliphatic rings. The Hall–Kier alpha value is -2.33. The van der Waals surface area contributed by atoms with Crippen LogP contribution in [0.15, 0.2) is 54.6 Å². The highest BCUT2D eigenvalue weighted by atomic mass is 16.7. The van der Waals surface area contributed by atoms with E-state index in [9.17, 15) is 4.79 Å². The summed E-state index contributed by atoms with van der Waals surface area (Å²) in [5, 5.41) is 0. The molecule has 2 aromatic carbocycles. The molecule has 0 aliphatic carbocycles. The maximum Gasteiger partial charge on any atom is 0.309 e. The predicted molar refractivity (Wildman–Crippen MR) is 159 cm³/mol. The van der Waals surface area contributed by atoms with Gasteiger partial charge in [-0.25, -0.2) is 0 Å². The summed E-state index contributed by atoms with van der Waals surface area (Å²) in [6.45, 7) is 6.15. The van der Waals surface area contributed by atoms with Gasteiger partial charge in [0.15, 0.2) is 0 Å². The second-order valence-corrected chi connectivity index (χ2v) is 11.4. The molecule has 0 saturated heterocycles. The van der Waals surface area contributed by atoms with Gasteiger partial charge in [0, 0.05) is 18.4 Å². The Kier molecular flexibility index (Phi) is 15.8. The van der Waals surface area contributed by atoms with Gasteiger partial charge in [0.05, 0.1) is 27.1 Å². The number of unbranched alkanes of at least 4 members (excludes halogenated alkanes) is 9. The summed E-state index contributed by atoms with van der Waals surface area (Å²) in [4.78, 5) is 12.6. The zero-order valence-corrected chi connectivity index (χ0v) is 24.8. The lowest BCUT2D eigenvalue weighted by Crippen LogP contribution is -2.39. The number of esters is 1. The van der Waals surface area contributed by atoms with Crippen LogP contribution in [0, 0.1) is 0 Å². The molecule has 38 heavy (non-hydrogen) atoms. The number of carbonyl (C=O) groups excluding carboxylic acids is 1. The molecule has 212 valence electrons. The van der Waals surface area contributed by atoms with Gasteiger partial charge in [-0.1, -0.05) is 120 Å². The van der Waals surface area contributed by atoms with E-state index in [1.165, 1.54) is 75.3 Å². The molecule has 2 rings (SSSR count). The molecule has 0 aromatic heterocycles. The molecule has 1 atom stereocenters. The summed E-state index contributed by atoms with van der Waals surface area (Å²) in [6.07, 6.45) is 15.7. The van der Waals surface area contributed by atoms with Crippen LogP contribution in [0.3, 0.4) is 0 Å². The van der Waals surface area contributed by atoms with Crippen molar-refractivity contribution in [1.29, 1.82) is 0 Å². The minimum atomic E-state index is -0.539. The number of nitrogens with zero attached hydrogens (tertiary/aromatic N) is 1. The molecule has 0 radical (unpaired) electrons. The van der Waals surface area contributed by atoms with E-state index < -0.39 is 6.29 Å². The summed E-state index contributed by atoms with van der Waals surface area (Å²) in [5.74, 6) is 0.674. The maximum absolute atomic E-state index is 12.6. The number of benzene rings is 2. The number of ether oxygens (including phenoxy) is 2. The summed E-state index contributed by atoms with van der Waals surface area (Å²) < 4.78 is 12.8. The fourth-order valence-electron chi connectivity index (χ4n) is 4.97. The summed E-state index contributed by atoms with van der Waals surface area (Å²) in [6, 6.07) is 18.7. The number of rotatable bonds is 21. The maximum atomic E-state index is 12.6. The average Bonchev–Trinajstić information content (AvgIpc) is 2.90. The zero-order chi connectivity index (χ0) is 27.5. The van der Waals surface area contributed by atoms with E-state index >= 15 is 0 Å². The van der Waals surface area contributed by atoms with E-state index in [4.69, 9.17) is 9.47 Å². The third kappa shape index (κ3) is 14.0. The van der Waals surface area contributed by atoms with Gasteiger partial charge in [-0.3, -0.25) is 4.79 Å². The highest BCUT2D eigenvalue weighted by Crippen LogP contribution is 2.23. The first-order chi connectivity index (χ1) is 18.4. The van der Waals surface area contributed by atoms with Crippen LogP contribution in [-0.2, 0) is 22.5 Å². The highest BCUT2D eigenvalue weighted by Gasteiger charge is 2.19. The Morgan fingerprint density at radius 3 is 2.03 bits per heavy atom. The molecule has 0 heterocycles. The monoisotopic (exact) mass is 524 g/mol. The van der Waals surface area contributed by atoms with Crippen LogP contribution >= 0.6 is 0 Å². The molecule has 2 aromatic rings. The summed E-state index contributed by atoms with van der Waals surface area (Å²) in [5.41, 5.74) is 2.53. The Balaban J connectivity index is 1.69. The van der Waals surface area contributed by atoms with Crippen molar-refractivity contribution in [2.24, 2.45) is 0 Å². The van der Waals surface area contributed by atoms with Crippen molar-refractivity contribution in [2.75, 3.05) is 20.6 Å². The number of quaternary nitrogens is 1. The van der Waals surface area contributed by atoms with E-state index in [1.807, 2.05) is 25.1 Å². The Labute approximate surface area is 233 Å². The van der Waals surface area contributed by atoms with E-state index in [1.54, 1.807) is 0 Å². The molecule has 1 unspecified atom stereocenters. The van der Waals surface area contributed by atoms with Crippen LogP contribution in [0.4, 0.5) is 0 Å². The molecular formula is C34H54NO3+. The van der Waals surface area contributed by atoms with Gasteiger partial charge in [0.25, 0.3) is 0 Å². The van der Waals surface area contributed by atoms with Gasteiger partial charge in [0.2, 0.25) is 6.29 Å². The van der Waals surface area contributed by atoms with Crippen LogP contribution in [-0.4, -0.2) is 37.4 Å². The molecule has 0 aliphatic heterocycles. The molecular weight excluding hydrogens is 470 g/mol. The first-order valence-electron chi connectivity index (χ1n) is 15.2. The largest absolute Gasteiger partial charge is 0.455 e. The van der Waals surface area contributed by atoms with Crippen molar-refractivity contribution in [2.45, 2.75) is 117 Å². The number of aryl methyl sites for hydroxylation is 1. The van der Waals surface area contributed by atoms with Gasteiger partial charge >= 0.3 is 5.97 Å². The van der Waals surface area contributed by atoms with Crippen molar-refractivity contribution in [3.05, 3.63) is 65.7 Å². The van der Waals surface area contributed by atoms with Gasteiger partial charge in [-0.2, -0.15) is 0 Å². The van der Waals surface area contributed by atoms with Gasteiger partial charge < -0.3 is 14.0 Å². The predicted octanol–water partition coefficient (Wildman–Crippen LogP) is 8.86. The summed E-state index contributed by atoms with van der Waals surface area (Å²) >= 11 is 0. The number of para-hydroxylation sites is 1. The standard InChI is InChI=1S/C34H54NO3/c1-5-7-8-9-10-11-12-13-14-18-24-31-25-19-20-26-32(31)37-34(6-2)38-33(36)27-21-28-35(3,4)29-30-22-16-15-17-23-30/h15-17,19-20,22-23,25-26,34H,5-14,18,21,24,27-29H2,1-4H3/q+1. The summed E-state index contributed by atoms with van der Waals surface area (Å²) in [7, 11) is 4.42. The van der Waals surface area contributed by atoms with Crippen LogP contribution in [0.25, 0.3) is 0 Å². The molecule has 0 spiro atoms. The highest BCUT2D eigenvalue weighted by molar-refractivity contribution is 5.69. The molecule has 0 bridgehead atoms. The lowest BCUT2D eigenvalue weighted by molar-refractivity contribution is -0.903. The van der Waals surface area contributed by atoms with E-state index in [0.29, 0.717) is 12.8 Å². The number of hydrogen-bond acceptors (Lipinski definition) is 3. The molecule has 0 N–H and O–H groups in total. The zero-order valence-electron chi connectivity index (χ0n) is 24.8. The molecule has 0 saturated carbocycles. The first kappa shape index (κ1) is 31.9. The normalized spacial score (nSPS) is 12.3. The minimum Gasteiger partial charge on any atom is -0.455 e. The average molecular weight is 525 g/mol. The van der Waals surface area contributed by atoms with Crippen molar-refractivity contribution in [3.8, 4) is 5.75 Å². The fraction of sp³-hybridized carbons (Fsp3) is 0.618. The van der Waals surface area contributed by atoms with Gasteiger partial charge in [-0.15, -0.1) is 0 Å². The van der Waals surface area contributed by atoms with Crippen LogP contribution in [0.1, 0.15) is 108 Å². The molecule has 4 nitrogen and oxygen atoms in total. The Bertz CT molecular complexity index is 880. The number of hydrogen-bond donors (Lipinski definition) is 0. The van der Waals surface area contributed by atoms with Crippen LogP contribution in [0.5, 0.6) is 5.75 Å². The van der Waals surface area contributed by atoms with Gasteiger partial charge in [-0.05, 0) is 24.5 Å². The second kappa shape index (κ2) is 18.8.